The van der Waals surface area contributed by atoms with Crippen molar-refractivity contribution < 1.29 is 19.1 Å². The van der Waals surface area contributed by atoms with Crippen LogP contribution < -0.4 is 20.1 Å². The van der Waals surface area contributed by atoms with Crippen molar-refractivity contribution in [2.24, 2.45) is 0 Å². The lowest BCUT2D eigenvalue weighted by Gasteiger charge is -2.16. The summed E-state index contributed by atoms with van der Waals surface area (Å²) in [7, 11) is 7.02. The minimum absolute atomic E-state index is 0.329. The summed E-state index contributed by atoms with van der Waals surface area (Å²) in [4.78, 5) is 25.8. The number of methoxy groups -OCH3 is 2. The van der Waals surface area contributed by atoms with Crippen molar-refractivity contribution in [2.45, 2.75) is 19.4 Å². The highest BCUT2D eigenvalue weighted by molar-refractivity contribution is 6.35. The van der Waals surface area contributed by atoms with Crippen LogP contribution in [0.5, 0.6) is 11.5 Å². The van der Waals surface area contributed by atoms with Gasteiger partial charge in [0.15, 0.2) is 11.5 Å². The molecule has 0 heterocycles. The first-order valence-electron chi connectivity index (χ1n) is 7.84. The Morgan fingerprint density at radius 1 is 1.12 bits per heavy atom. The number of ether oxygens (including phenoxy) is 2. The van der Waals surface area contributed by atoms with Gasteiger partial charge >= 0.3 is 11.8 Å². The van der Waals surface area contributed by atoms with E-state index in [1.807, 2.05) is 25.1 Å². The van der Waals surface area contributed by atoms with Crippen LogP contribution in [0.25, 0.3) is 0 Å². The topological polar surface area (TPSA) is 79.9 Å². The molecule has 0 saturated heterocycles. The zero-order valence-electron chi connectivity index (χ0n) is 15.0. The predicted molar refractivity (Wildman–Crippen MR) is 92.3 cm³/mol. The molecule has 1 rings (SSSR count). The van der Waals surface area contributed by atoms with Crippen LogP contribution in [0.1, 0.15) is 24.9 Å². The first-order chi connectivity index (χ1) is 11.4. The van der Waals surface area contributed by atoms with Gasteiger partial charge in [-0.3, -0.25) is 9.59 Å². The van der Waals surface area contributed by atoms with Crippen molar-refractivity contribution in [3.8, 4) is 11.5 Å². The van der Waals surface area contributed by atoms with E-state index < -0.39 is 11.8 Å². The first-order valence-corrected chi connectivity index (χ1v) is 7.84. The van der Waals surface area contributed by atoms with Crippen molar-refractivity contribution >= 4 is 11.8 Å². The molecule has 0 bridgehead atoms. The molecular formula is C17H27N3O4. The fraction of sp³-hybridized carbons (Fsp3) is 0.529. The third kappa shape index (κ3) is 6.08. The largest absolute Gasteiger partial charge is 0.493 e. The van der Waals surface area contributed by atoms with Gasteiger partial charge in [-0.2, -0.15) is 0 Å². The van der Waals surface area contributed by atoms with Gasteiger partial charge < -0.3 is 25.0 Å². The van der Waals surface area contributed by atoms with Gasteiger partial charge in [-0.15, -0.1) is 0 Å². The van der Waals surface area contributed by atoms with Crippen LogP contribution in [0.4, 0.5) is 0 Å². The molecule has 0 saturated carbocycles. The number of hydrogen-bond acceptors (Lipinski definition) is 5. The van der Waals surface area contributed by atoms with E-state index in [9.17, 15) is 9.59 Å². The van der Waals surface area contributed by atoms with Gasteiger partial charge in [0.1, 0.15) is 0 Å². The van der Waals surface area contributed by atoms with E-state index in [0.717, 1.165) is 18.5 Å². The predicted octanol–water partition coefficient (Wildman–Crippen LogP) is 0.949. The molecule has 1 unspecified atom stereocenters. The maximum Gasteiger partial charge on any atom is 0.309 e. The van der Waals surface area contributed by atoms with E-state index in [1.54, 1.807) is 33.3 Å². The zero-order valence-corrected chi connectivity index (χ0v) is 15.0. The molecule has 0 aliphatic rings. The summed E-state index contributed by atoms with van der Waals surface area (Å²) in [5.41, 5.74) is 0.821. The number of carbonyl (C=O) groups excluding carboxylic acids is 2. The molecule has 134 valence electrons. The zero-order chi connectivity index (χ0) is 18.1. The van der Waals surface area contributed by atoms with Gasteiger partial charge in [0.25, 0.3) is 0 Å². The fourth-order valence-electron chi connectivity index (χ4n) is 2.15. The Morgan fingerprint density at radius 2 is 1.79 bits per heavy atom. The third-order valence-corrected chi connectivity index (χ3v) is 3.53. The van der Waals surface area contributed by atoms with Gasteiger partial charge in [0, 0.05) is 6.54 Å². The van der Waals surface area contributed by atoms with Crippen LogP contribution in [-0.4, -0.2) is 58.1 Å². The van der Waals surface area contributed by atoms with Crippen molar-refractivity contribution in [2.75, 3.05) is 41.4 Å². The van der Waals surface area contributed by atoms with E-state index in [2.05, 4.69) is 10.6 Å². The number of carbonyl (C=O) groups is 2. The highest BCUT2D eigenvalue weighted by atomic mass is 16.5. The minimum atomic E-state index is -0.651. The molecule has 0 aliphatic carbocycles. The van der Waals surface area contributed by atoms with E-state index in [4.69, 9.17) is 9.47 Å². The maximum atomic E-state index is 11.9. The number of benzene rings is 1. The van der Waals surface area contributed by atoms with E-state index in [-0.39, 0.29) is 6.04 Å². The Balaban J connectivity index is 2.55. The Morgan fingerprint density at radius 3 is 2.38 bits per heavy atom. The molecule has 2 amide bonds. The normalized spacial score (nSPS) is 11.8. The average molecular weight is 337 g/mol. The summed E-state index contributed by atoms with van der Waals surface area (Å²) < 4.78 is 10.4. The van der Waals surface area contributed by atoms with E-state index >= 15 is 0 Å². The number of rotatable bonds is 8. The summed E-state index contributed by atoms with van der Waals surface area (Å²) in [5, 5.41) is 5.29. The highest BCUT2D eigenvalue weighted by Crippen LogP contribution is 2.29. The van der Waals surface area contributed by atoms with Crippen molar-refractivity contribution in [3.05, 3.63) is 23.8 Å². The minimum Gasteiger partial charge on any atom is -0.493 e. The molecule has 24 heavy (non-hydrogen) atoms. The lowest BCUT2D eigenvalue weighted by molar-refractivity contribution is -0.139. The summed E-state index contributed by atoms with van der Waals surface area (Å²) in [6.07, 6.45) is 0.789. The lowest BCUT2D eigenvalue weighted by Crippen LogP contribution is -2.41. The molecule has 0 aliphatic heterocycles. The molecule has 1 aromatic carbocycles. The Labute approximate surface area is 143 Å². The van der Waals surface area contributed by atoms with Crippen LogP contribution >= 0.6 is 0 Å². The smallest absolute Gasteiger partial charge is 0.309 e. The van der Waals surface area contributed by atoms with Crippen molar-refractivity contribution in [3.63, 3.8) is 0 Å². The van der Waals surface area contributed by atoms with Gasteiger partial charge in [-0.05, 0) is 51.7 Å². The SMILES string of the molecule is COc1ccc(C(C)NC(=O)C(=O)NCCCN(C)C)cc1OC. The van der Waals surface area contributed by atoms with Crippen LogP contribution in [0.2, 0.25) is 0 Å². The second-order valence-electron chi connectivity index (χ2n) is 5.72. The van der Waals surface area contributed by atoms with E-state index in [1.165, 1.54) is 0 Å². The molecule has 1 atom stereocenters. The molecule has 0 aromatic heterocycles. The number of nitrogens with zero attached hydrogens (tertiary/aromatic N) is 1. The molecule has 7 heteroatoms. The quantitative estimate of drug-likeness (QED) is 0.545. The molecule has 7 nitrogen and oxygen atoms in total. The van der Waals surface area contributed by atoms with Gasteiger partial charge in [0.05, 0.1) is 20.3 Å². The van der Waals surface area contributed by atoms with Crippen molar-refractivity contribution in [1.82, 2.24) is 15.5 Å². The standard InChI is InChI=1S/C17H27N3O4/c1-12(13-7-8-14(23-4)15(11-13)24-5)19-17(22)16(21)18-9-6-10-20(2)3/h7-8,11-12H,6,9-10H2,1-5H3,(H,18,21)(H,19,22). The monoisotopic (exact) mass is 337 g/mol. The maximum absolute atomic E-state index is 11.9. The highest BCUT2D eigenvalue weighted by Gasteiger charge is 2.17. The molecular weight excluding hydrogens is 310 g/mol. The molecule has 0 radical (unpaired) electrons. The average Bonchev–Trinajstić information content (AvgIpc) is 2.57. The van der Waals surface area contributed by atoms with Gasteiger partial charge in [0.2, 0.25) is 0 Å². The van der Waals surface area contributed by atoms with Crippen LogP contribution in [-0.2, 0) is 9.59 Å². The third-order valence-electron chi connectivity index (χ3n) is 3.53. The Bertz CT molecular complexity index is 561. The van der Waals surface area contributed by atoms with E-state index in [0.29, 0.717) is 18.0 Å². The summed E-state index contributed by atoms with van der Waals surface area (Å²) >= 11 is 0. The second-order valence-corrected chi connectivity index (χ2v) is 5.72. The van der Waals surface area contributed by atoms with Crippen LogP contribution in [0, 0.1) is 0 Å². The Hall–Kier alpha value is -2.28. The Kier molecular flexibility index (Phi) is 8.05. The molecule has 2 N–H and O–H groups in total. The molecule has 0 fully saturated rings. The molecule has 0 spiro atoms. The number of amides is 2. The summed E-state index contributed by atoms with van der Waals surface area (Å²) in [6.45, 7) is 3.12. The van der Waals surface area contributed by atoms with Crippen LogP contribution in [0.3, 0.4) is 0 Å². The first kappa shape index (κ1) is 19.8. The van der Waals surface area contributed by atoms with Crippen molar-refractivity contribution in [1.29, 1.82) is 0 Å². The molecule has 1 aromatic rings. The lowest BCUT2D eigenvalue weighted by atomic mass is 10.1. The second kappa shape index (κ2) is 9.77. The van der Waals surface area contributed by atoms with Gasteiger partial charge in [-0.25, -0.2) is 0 Å². The number of hydrogen-bond donors (Lipinski definition) is 2. The van der Waals surface area contributed by atoms with Gasteiger partial charge in [-0.1, -0.05) is 6.07 Å². The number of nitrogens with one attached hydrogen (secondary N) is 2. The summed E-state index contributed by atoms with van der Waals surface area (Å²) in [5.74, 6) is -0.0918. The van der Waals surface area contributed by atoms with Crippen LogP contribution in [0.15, 0.2) is 18.2 Å². The summed E-state index contributed by atoms with van der Waals surface area (Å²) in [6, 6.07) is 5.03. The fourth-order valence-corrected chi connectivity index (χ4v) is 2.15.